The summed E-state index contributed by atoms with van der Waals surface area (Å²) in [7, 11) is 0. The molecule has 0 amide bonds. The van der Waals surface area contributed by atoms with Gasteiger partial charge >= 0.3 is 0 Å². The summed E-state index contributed by atoms with van der Waals surface area (Å²) in [6, 6.07) is 15.8. The minimum absolute atomic E-state index is 0.358. The Morgan fingerprint density at radius 2 is 1.85 bits per heavy atom. The molecule has 0 saturated carbocycles. The van der Waals surface area contributed by atoms with Crippen molar-refractivity contribution in [1.82, 2.24) is 5.32 Å². The van der Waals surface area contributed by atoms with E-state index in [-0.39, 0.29) is 0 Å². The number of benzene rings is 2. The zero-order valence-electron chi connectivity index (χ0n) is 11.8. The average molecular weight is 444 g/mol. The van der Waals surface area contributed by atoms with Crippen molar-refractivity contribution in [1.29, 1.82) is 0 Å². The first-order valence-corrected chi connectivity index (χ1v) is 8.71. The van der Waals surface area contributed by atoms with Crippen LogP contribution in [0.2, 0.25) is 0 Å². The summed E-state index contributed by atoms with van der Waals surface area (Å²) in [5.74, 6) is 0. The largest absolute Gasteiger partial charge is 0.310 e. The van der Waals surface area contributed by atoms with Crippen LogP contribution in [0.25, 0.3) is 0 Å². The topological polar surface area (TPSA) is 12.0 Å². The number of nitrogens with one attached hydrogen (secondary N) is 1. The molecule has 1 atom stereocenters. The smallest absolute Gasteiger partial charge is 0.0361 e. The van der Waals surface area contributed by atoms with Crippen LogP contribution in [-0.2, 0) is 6.42 Å². The minimum atomic E-state index is 0.358. The number of rotatable bonds is 5. The fraction of sp³-hybridized carbons (Fsp3) is 0.294. The molecule has 2 rings (SSSR count). The van der Waals surface area contributed by atoms with Crippen molar-refractivity contribution in [2.24, 2.45) is 0 Å². The summed E-state index contributed by atoms with van der Waals surface area (Å²) in [5, 5.41) is 3.59. The number of hydrogen-bond donors (Lipinski definition) is 1. The standard InChI is InChI=1S/C17H19BrIN/c1-3-20-17(10-13-5-8-15(19)9-6-13)14-7-4-12(2)16(18)11-14/h4-9,11,17,20H,3,10H2,1-2H3. The van der Waals surface area contributed by atoms with Crippen molar-refractivity contribution in [3.8, 4) is 0 Å². The van der Waals surface area contributed by atoms with Crippen LogP contribution >= 0.6 is 38.5 Å². The molecule has 0 spiro atoms. The highest BCUT2D eigenvalue weighted by molar-refractivity contribution is 14.1. The molecule has 0 bridgehead atoms. The van der Waals surface area contributed by atoms with E-state index >= 15 is 0 Å². The Morgan fingerprint density at radius 1 is 1.15 bits per heavy atom. The van der Waals surface area contributed by atoms with Gasteiger partial charge in [0.1, 0.15) is 0 Å². The molecule has 0 saturated heterocycles. The second-order valence-electron chi connectivity index (χ2n) is 4.95. The van der Waals surface area contributed by atoms with Crippen molar-refractivity contribution in [3.63, 3.8) is 0 Å². The molecule has 0 aliphatic rings. The Kier molecular flexibility index (Phi) is 6.05. The maximum Gasteiger partial charge on any atom is 0.0361 e. The second kappa shape index (κ2) is 7.57. The van der Waals surface area contributed by atoms with E-state index in [9.17, 15) is 0 Å². The van der Waals surface area contributed by atoms with Crippen molar-refractivity contribution >= 4 is 38.5 Å². The van der Waals surface area contributed by atoms with Gasteiger partial charge < -0.3 is 5.32 Å². The molecule has 0 fully saturated rings. The fourth-order valence-electron chi connectivity index (χ4n) is 2.24. The van der Waals surface area contributed by atoms with Crippen molar-refractivity contribution < 1.29 is 0 Å². The Balaban J connectivity index is 2.21. The number of likely N-dealkylation sites (N-methyl/N-ethyl adjacent to an activating group) is 1. The highest BCUT2D eigenvalue weighted by Gasteiger charge is 2.12. The summed E-state index contributed by atoms with van der Waals surface area (Å²) in [4.78, 5) is 0. The van der Waals surface area contributed by atoms with E-state index in [1.807, 2.05) is 0 Å². The Labute approximate surface area is 143 Å². The maximum absolute atomic E-state index is 3.63. The summed E-state index contributed by atoms with van der Waals surface area (Å²) >= 11 is 5.98. The fourth-order valence-corrected chi connectivity index (χ4v) is 2.99. The van der Waals surface area contributed by atoms with Crippen LogP contribution in [0, 0.1) is 10.5 Å². The van der Waals surface area contributed by atoms with Crippen molar-refractivity contribution in [2.75, 3.05) is 6.54 Å². The van der Waals surface area contributed by atoms with Crippen LogP contribution in [0.1, 0.15) is 29.7 Å². The maximum atomic E-state index is 3.63. The van der Waals surface area contributed by atoms with Gasteiger partial charge in [0.25, 0.3) is 0 Å². The Bertz CT molecular complexity index is 566. The van der Waals surface area contributed by atoms with Gasteiger partial charge in [-0.05, 0) is 77.4 Å². The van der Waals surface area contributed by atoms with Crippen LogP contribution < -0.4 is 5.32 Å². The van der Waals surface area contributed by atoms with Gasteiger partial charge in [0.15, 0.2) is 0 Å². The quantitative estimate of drug-likeness (QED) is 0.622. The SMILES string of the molecule is CCNC(Cc1ccc(I)cc1)c1ccc(C)c(Br)c1. The van der Waals surface area contributed by atoms with Gasteiger partial charge in [-0.1, -0.05) is 47.1 Å². The molecule has 0 heterocycles. The minimum Gasteiger partial charge on any atom is -0.310 e. The van der Waals surface area contributed by atoms with Crippen LogP contribution in [0.4, 0.5) is 0 Å². The van der Waals surface area contributed by atoms with Gasteiger partial charge in [-0.3, -0.25) is 0 Å². The third-order valence-electron chi connectivity index (χ3n) is 3.40. The van der Waals surface area contributed by atoms with E-state index in [0.29, 0.717) is 6.04 Å². The van der Waals surface area contributed by atoms with E-state index in [4.69, 9.17) is 0 Å². The first-order valence-electron chi connectivity index (χ1n) is 6.84. The molecule has 1 unspecified atom stereocenters. The predicted octanol–water partition coefficient (Wildman–Crippen LogP) is 5.26. The third-order valence-corrected chi connectivity index (χ3v) is 4.98. The number of hydrogen-bond acceptors (Lipinski definition) is 1. The van der Waals surface area contributed by atoms with Gasteiger partial charge in [-0.25, -0.2) is 0 Å². The lowest BCUT2D eigenvalue weighted by atomic mass is 9.98. The van der Waals surface area contributed by atoms with Crippen LogP contribution in [0.5, 0.6) is 0 Å². The van der Waals surface area contributed by atoms with Crippen molar-refractivity contribution in [2.45, 2.75) is 26.3 Å². The Morgan fingerprint density at radius 3 is 2.45 bits per heavy atom. The van der Waals surface area contributed by atoms with Crippen LogP contribution in [-0.4, -0.2) is 6.54 Å². The average Bonchev–Trinajstić information content (AvgIpc) is 2.44. The molecule has 3 heteroatoms. The van der Waals surface area contributed by atoms with Crippen LogP contribution in [0.3, 0.4) is 0 Å². The lowest BCUT2D eigenvalue weighted by Gasteiger charge is -2.19. The zero-order valence-corrected chi connectivity index (χ0v) is 15.5. The molecular formula is C17H19BrIN. The first kappa shape index (κ1) is 16.0. The second-order valence-corrected chi connectivity index (χ2v) is 7.05. The molecule has 2 aromatic carbocycles. The normalized spacial score (nSPS) is 12.4. The molecule has 1 N–H and O–H groups in total. The molecule has 2 aromatic rings. The van der Waals surface area contributed by atoms with Gasteiger partial charge in [0, 0.05) is 14.1 Å². The molecule has 0 radical (unpaired) electrons. The number of halogens is 2. The number of aryl methyl sites for hydroxylation is 1. The van der Waals surface area contributed by atoms with E-state index in [1.165, 1.54) is 24.7 Å². The molecule has 20 heavy (non-hydrogen) atoms. The summed E-state index contributed by atoms with van der Waals surface area (Å²) in [6.45, 7) is 5.25. The highest BCUT2D eigenvalue weighted by Crippen LogP contribution is 2.24. The van der Waals surface area contributed by atoms with E-state index in [2.05, 4.69) is 100 Å². The predicted molar refractivity (Wildman–Crippen MR) is 98.2 cm³/mol. The summed E-state index contributed by atoms with van der Waals surface area (Å²) in [5.41, 5.74) is 3.98. The van der Waals surface area contributed by atoms with E-state index in [0.717, 1.165) is 13.0 Å². The molecule has 0 aromatic heterocycles. The molecule has 1 nitrogen and oxygen atoms in total. The lowest BCUT2D eigenvalue weighted by molar-refractivity contribution is 0.549. The monoisotopic (exact) mass is 443 g/mol. The van der Waals surface area contributed by atoms with Crippen molar-refractivity contribution in [3.05, 3.63) is 67.2 Å². The van der Waals surface area contributed by atoms with Gasteiger partial charge in [0.05, 0.1) is 0 Å². The summed E-state index contributed by atoms with van der Waals surface area (Å²) in [6.07, 6.45) is 1.01. The van der Waals surface area contributed by atoms with E-state index in [1.54, 1.807) is 0 Å². The van der Waals surface area contributed by atoms with Gasteiger partial charge in [-0.2, -0.15) is 0 Å². The lowest BCUT2D eigenvalue weighted by Crippen LogP contribution is -2.23. The first-order chi connectivity index (χ1) is 9.60. The molecule has 106 valence electrons. The van der Waals surface area contributed by atoms with E-state index < -0.39 is 0 Å². The van der Waals surface area contributed by atoms with Gasteiger partial charge in [0.2, 0.25) is 0 Å². The highest BCUT2D eigenvalue weighted by atomic mass is 127. The van der Waals surface area contributed by atoms with Gasteiger partial charge in [-0.15, -0.1) is 0 Å². The summed E-state index contributed by atoms with van der Waals surface area (Å²) < 4.78 is 2.46. The molecule has 0 aliphatic heterocycles. The zero-order chi connectivity index (χ0) is 14.5. The molecular weight excluding hydrogens is 425 g/mol. The van der Waals surface area contributed by atoms with Crippen LogP contribution in [0.15, 0.2) is 46.9 Å². The molecule has 0 aliphatic carbocycles. The Hall–Kier alpha value is -0.390. The third kappa shape index (κ3) is 4.30.